The number of nitrogens with zero attached hydrogens (tertiary/aromatic N) is 1. The fraction of sp³-hybridized carbons (Fsp3) is 0.200. The molecule has 0 unspecified atom stereocenters. The second kappa shape index (κ2) is 3.42. The van der Waals surface area contributed by atoms with Gasteiger partial charge >= 0.3 is 0 Å². The molecule has 2 aromatic rings. The van der Waals surface area contributed by atoms with E-state index in [1.54, 1.807) is 0 Å². The van der Waals surface area contributed by atoms with Crippen LogP contribution >= 0.6 is 0 Å². The van der Waals surface area contributed by atoms with E-state index in [1.165, 1.54) is 13.0 Å². The van der Waals surface area contributed by atoms with E-state index in [-0.39, 0.29) is 17.7 Å². The van der Waals surface area contributed by atoms with Crippen LogP contribution in [0.3, 0.4) is 0 Å². The maximum Gasteiger partial charge on any atom is 0.186 e. The summed E-state index contributed by atoms with van der Waals surface area (Å²) >= 11 is 0. The summed E-state index contributed by atoms with van der Waals surface area (Å²) in [7, 11) is 0. The van der Waals surface area contributed by atoms with E-state index in [0.29, 0.717) is 11.3 Å². The van der Waals surface area contributed by atoms with Gasteiger partial charge in [0.05, 0.1) is 11.9 Å². The number of ketones is 1. The van der Waals surface area contributed by atoms with Gasteiger partial charge in [-0.1, -0.05) is 0 Å². The maximum atomic E-state index is 13.2. The number of aromatic amines is 1. The third kappa shape index (κ3) is 1.72. The average molecular weight is 210 g/mol. The number of carbonyl (C=O) groups excluding carboxylic acids is 1. The summed E-state index contributed by atoms with van der Waals surface area (Å²) in [6.07, 6.45) is 0.0930. The Morgan fingerprint density at radius 1 is 1.47 bits per heavy atom. The zero-order valence-corrected chi connectivity index (χ0v) is 7.97. The third-order valence-electron chi connectivity index (χ3n) is 2.01. The molecule has 78 valence electrons. The lowest BCUT2D eigenvalue weighted by atomic mass is 10.3. The highest BCUT2D eigenvalue weighted by Gasteiger charge is 2.12. The summed E-state index contributed by atoms with van der Waals surface area (Å²) in [5.41, 5.74) is 0.330. The predicted octanol–water partition coefficient (Wildman–Crippen LogP) is 1.97. The average Bonchev–Trinajstić information content (AvgIpc) is 2.54. The molecule has 5 heteroatoms. The molecule has 15 heavy (non-hydrogen) atoms. The van der Waals surface area contributed by atoms with Gasteiger partial charge in [-0.3, -0.25) is 4.79 Å². The van der Waals surface area contributed by atoms with Crippen LogP contribution in [-0.2, 0) is 11.2 Å². The van der Waals surface area contributed by atoms with E-state index < -0.39 is 11.6 Å². The predicted molar refractivity (Wildman–Crippen MR) is 50.4 cm³/mol. The number of carbonyl (C=O) groups is 1. The maximum absolute atomic E-state index is 13.2. The van der Waals surface area contributed by atoms with Crippen LogP contribution in [0.5, 0.6) is 0 Å². The molecule has 0 aliphatic rings. The number of fused-ring (bicyclic) bond motifs is 1. The quantitative estimate of drug-likeness (QED) is 0.823. The van der Waals surface area contributed by atoms with Crippen molar-refractivity contribution >= 4 is 16.8 Å². The normalized spacial score (nSPS) is 10.9. The molecule has 0 bridgehead atoms. The number of imidazole rings is 1. The van der Waals surface area contributed by atoms with Gasteiger partial charge in [0.25, 0.3) is 0 Å². The molecule has 0 aliphatic carbocycles. The second-order valence-corrected chi connectivity index (χ2v) is 3.32. The highest BCUT2D eigenvalue weighted by atomic mass is 19.2. The first-order chi connectivity index (χ1) is 7.08. The summed E-state index contributed by atoms with van der Waals surface area (Å²) in [5.74, 6) is -1.67. The Labute approximate surface area is 84.1 Å². The third-order valence-corrected chi connectivity index (χ3v) is 2.01. The monoisotopic (exact) mass is 210 g/mol. The largest absolute Gasteiger partial charge is 0.342 e. The Morgan fingerprint density at radius 2 is 2.20 bits per heavy atom. The van der Waals surface area contributed by atoms with Crippen molar-refractivity contribution in [2.45, 2.75) is 13.3 Å². The Kier molecular flexibility index (Phi) is 2.22. The smallest absolute Gasteiger partial charge is 0.186 e. The molecule has 0 fully saturated rings. The Morgan fingerprint density at radius 3 is 2.87 bits per heavy atom. The van der Waals surface area contributed by atoms with E-state index in [0.717, 1.165) is 6.07 Å². The number of hydrogen-bond donors (Lipinski definition) is 1. The molecular formula is C10H8F2N2O. The van der Waals surface area contributed by atoms with Gasteiger partial charge in [-0.05, 0) is 19.1 Å². The second-order valence-electron chi connectivity index (χ2n) is 3.32. The zero-order chi connectivity index (χ0) is 11.0. The highest BCUT2D eigenvalue weighted by Crippen LogP contribution is 2.18. The van der Waals surface area contributed by atoms with Crippen molar-refractivity contribution in [1.29, 1.82) is 0 Å². The van der Waals surface area contributed by atoms with E-state index in [9.17, 15) is 13.6 Å². The molecule has 0 amide bonds. The van der Waals surface area contributed by atoms with Crippen LogP contribution < -0.4 is 0 Å². The van der Waals surface area contributed by atoms with Crippen molar-refractivity contribution < 1.29 is 13.6 Å². The zero-order valence-electron chi connectivity index (χ0n) is 7.97. The van der Waals surface area contributed by atoms with Gasteiger partial charge in [-0.15, -0.1) is 0 Å². The van der Waals surface area contributed by atoms with E-state index in [4.69, 9.17) is 0 Å². The van der Waals surface area contributed by atoms with Crippen LogP contribution in [0, 0.1) is 11.6 Å². The number of nitrogens with one attached hydrogen (secondary N) is 1. The Balaban J connectivity index is 2.56. The number of rotatable bonds is 2. The van der Waals surface area contributed by atoms with Gasteiger partial charge in [0.1, 0.15) is 17.1 Å². The lowest BCUT2D eigenvalue weighted by molar-refractivity contribution is -0.116. The molecule has 1 aromatic carbocycles. The van der Waals surface area contributed by atoms with Gasteiger partial charge < -0.3 is 4.98 Å². The molecular weight excluding hydrogens is 202 g/mol. The van der Waals surface area contributed by atoms with Gasteiger partial charge in [0.2, 0.25) is 0 Å². The first-order valence-electron chi connectivity index (χ1n) is 4.40. The van der Waals surface area contributed by atoms with Crippen molar-refractivity contribution in [1.82, 2.24) is 9.97 Å². The SMILES string of the molecule is CC(=O)Cc1nc2c(F)c(F)ccc2[nH]1. The molecule has 0 saturated heterocycles. The summed E-state index contributed by atoms with van der Waals surface area (Å²) in [4.78, 5) is 17.4. The fourth-order valence-corrected chi connectivity index (χ4v) is 1.39. The van der Waals surface area contributed by atoms with E-state index in [1.807, 2.05) is 0 Å². The fourth-order valence-electron chi connectivity index (χ4n) is 1.39. The molecule has 3 nitrogen and oxygen atoms in total. The molecule has 0 saturated carbocycles. The first kappa shape index (κ1) is 9.76. The summed E-state index contributed by atoms with van der Waals surface area (Å²) < 4.78 is 26.0. The van der Waals surface area contributed by atoms with Crippen LogP contribution in [0.2, 0.25) is 0 Å². The van der Waals surface area contributed by atoms with Crippen molar-refractivity contribution in [3.05, 3.63) is 29.6 Å². The molecule has 0 radical (unpaired) electrons. The molecule has 1 aromatic heterocycles. The number of benzene rings is 1. The standard InChI is InChI=1S/C10H8F2N2O/c1-5(15)4-8-13-7-3-2-6(11)9(12)10(7)14-8/h2-3H,4H2,1H3,(H,13,14). The lowest BCUT2D eigenvalue weighted by Gasteiger charge is -1.91. The van der Waals surface area contributed by atoms with Gasteiger partial charge in [-0.25, -0.2) is 13.8 Å². The van der Waals surface area contributed by atoms with Gasteiger partial charge in [0.15, 0.2) is 11.6 Å². The van der Waals surface area contributed by atoms with Crippen molar-refractivity contribution in [3.8, 4) is 0 Å². The minimum Gasteiger partial charge on any atom is -0.342 e. The van der Waals surface area contributed by atoms with Crippen LogP contribution in [0.15, 0.2) is 12.1 Å². The molecule has 0 spiro atoms. The Bertz CT molecular complexity index is 533. The van der Waals surface area contributed by atoms with Crippen molar-refractivity contribution in [3.63, 3.8) is 0 Å². The molecule has 0 atom stereocenters. The molecule has 0 aliphatic heterocycles. The Hall–Kier alpha value is -1.78. The number of Topliss-reactive ketones (excluding diaryl/α,β-unsaturated/α-hetero) is 1. The minimum atomic E-state index is -0.987. The first-order valence-corrected chi connectivity index (χ1v) is 4.40. The molecule has 1 N–H and O–H groups in total. The summed E-state index contributed by atoms with van der Waals surface area (Å²) in [6, 6.07) is 2.41. The van der Waals surface area contributed by atoms with Crippen LogP contribution in [-0.4, -0.2) is 15.8 Å². The van der Waals surface area contributed by atoms with Crippen molar-refractivity contribution in [2.24, 2.45) is 0 Å². The number of hydrogen-bond acceptors (Lipinski definition) is 2. The van der Waals surface area contributed by atoms with Gasteiger partial charge in [-0.2, -0.15) is 0 Å². The topological polar surface area (TPSA) is 45.8 Å². The van der Waals surface area contributed by atoms with E-state index >= 15 is 0 Å². The minimum absolute atomic E-state index is 0.0637. The highest BCUT2D eigenvalue weighted by molar-refractivity contribution is 5.80. The van der Waals surface area contributed by atoms with Crippen molar-refractivity contribution in [2.75, 3.05) is 0 Å². The van der Waals surface area contributed by atoms with Crippen LogP contribution in [0.25, 0.3) is 11.0 Å². The summed E-state index contributed by atoms with van der Waals surface area (Å²) in [5, 5.41) is 0. The van der Waals surface area contributed by atoms with E-state index in [2.05, 4.69) is 9.97 Å². The summed E-state index contributed by atoms with van der Waals surface area (Å²) in [6.45, 7) is 1.41. The van der Waals surface area contributed by atoms with Gasteiger partial charge in [0, 0.05) is 0 Å². The van der Waals surface area contributed by atoms with Crippen LogP contribution in [0.1, 0.15) is 12.7 Å². The van der Waals surface area contributed by atoms with Crippen LogP contribution in [0.4, 0.5) is 8.78 Å². The molecule has 1 heterocycles. The molecule has 2 rings (SSSR count). The number of aromatic nitrogens is 2. The number of halogens is 2. The number of H-pyrrole nitrogens is 1. The lowest BCUT2D eigenvalue weighted by Crippen LogP contribution is -1.97.